The molecule has 1 aliphatic rings. The van der Waals surface area contributed by atoms with Crippen molar-refractivity contribution in [3.05, 3.63) is 68.7 Å². The predicted molar refractivity (Wildman–Crippen MR) is 113 cm³/mol. The van der Waals surface area contributed by atoms with Crippen molar-refractivity contribution in [1.82, 2.24) is 9.80 Å². The highest BCUT2D eigenvalue weighted by atomic mass is 35.5. The van der Waals surface area contributed by atoms with Crippen LogP contribution in [0, 0.1) is 10.1 Å². The minimum Gasteiger partial charge on any atom is -0.481 e. The van der Waals surface area contributed by atoms with E-state index in [0.29, 0.717) is 31.2 Å². The fourth-order valence-corrected chi connectivity index (χ4v) is 3.47. The number of ether oxygens (including phenoxy) is 1. The fourth-order valence-electron chi connectivity index (χ4n) is 3.35. The topological polar surface area (TPSA) is 113 Å². The molecule has 0 spiro atoms. The molecule has 2 aromatic carbocycles. The van der Waals surface area contributed by atoms with Crippen molar-refractivity contribution in [3.63, 3.8) is 0 Å². The second-order valence-electron chi connectivity index (χ2n) is 7.20. The number of aliphatic carboxylic acids is 1. The zero-order valence-corrected chi connectivity index (χ0v) is 17.5. The average Bonchev–Trinajstić information content (AvgIpc) is 2.74. The molecule has 3 rings (SSSR count). The van der Waals surface area contributed by atoms with Crippen LogP contribution in [-0.4, -0.2) is 64.5 Å². The van der Waals surface area contributed by atoms with E-state index >= 15 is 0 Å². The van der Waals surface area contributed by atoms with E-state index in [9.17, 15) is 19.7 Å². The molecule has 1 saturated heterocycles. The van der Waals surface area contributed by atoms with Crippen LogP contribution in [0.1, 0.15) is 11.1 Å². The van der Waals surface area contributed by atoms with Crippen LogP contribution in [0.3, 0.4) is 0 Å². The van der Waals surface area contributed by atoms with Crippen LogP contribution in [0.5, 0.6) is 5.75 Å². The van der Waals surface area contributed by atoms with Gasteiger partial charge in [0.15, 0.2) is 12.4 Å². The Morgan fingerprint density at radius 2 is 1.71 bits per heavy atom. The van der Waals surface area contributed by atoms with Gasteiger partial charge in [0.25, 0.3) is 5.91 Å². The number of carboxylic acids is 1. The summed E-state index contributed by atoms with van der Waals surface area (Å²) in [5, 5.41) is 20.8. The molecule has 9 nitrogen and oxygen atoms in total. The zero-order chi connectivity index (χ0) is 22.4. The number of rotatable bonds is 8. The summed E-state index contributed by atoms with van der Waals surface area (Å²) in [5.74, 6) is -1.41. The van der Waals surface area contributed by atoms with Gasteiger partial charge < -0.3 is 14.7 Å². The third-order valence-electron chi connectivity index (χ3n) is 4.97. The first kappa shape index (κ1) is 22.5. The van der Waals surface area contributed by atoms with Gasteiger partial charge in [-0.3, -0.25) is 24.6 Å². The minimum absolute atomic E-state index is 0.0612. The molecule has 1 aliphatic heterocycles. The number of hydrogen-bond donors (Lipinski definition) is 1. The Bertz CT molecular complexity index is 958. The summed E-state index contributed by atoms with van der Waals surface area (Å²) in [6, 6.07) is 11.6. The van der Waals surface area contributed by atoms with Gasteiger partial charge in [0.05, 0.1) is 11.3 Å². The van der Waals surface area contributed by atoms with Gasteiger partial charge in [-0.2, -0.15) is 0 Å². The third kappa shape index (κ3) is 6.40. The lowest BCUT2D eigenvalue weighted by Crippen LogP contribution is -2.49. The number of halogens is 1. The molecule has 0 aromatic heterocycles. The molecule has 0 aliphatic carbocycles. The maximum atomic E-state index is 12.5. The minimum atomic E-state index is -1.09. The average molecular weight is 448 g/mol. The number of carbonyl (C=O) groups is 2. The van der Waals surface area contributed by atoms with Gasteiger partial charge >= 0.3 is 11.7 Å². The number of hydrogen-bond acceptors (Lipinski definition) is 6. The van der Waals surface area contributed by atoms with Gasteiger partial charge in [0.1, 0.15) is 0 Å². The van der Waals surface area contributed by atoms with Crippen molar-refractivity contribution < 1.29 is 24.4 Å². The summed E-state index contributed by atoms with van der Waals surface area (Å²) in [7, 11) is 0. The van der Waals surface area contributed by atoms with E-state index in [0.717, 1.165) is 18.2 Å². The lowest BCUT2D eigenvalue weighted by molar-refractivity contribution is -0.385. The molecular weight excluding hydrogens is 426 g/mol. The lowest BCUT2D eigenvalue weighted by atomic mass is 10.1. The maximum absolute atomic E-state index is 12.5. The van der Waals surface area contributed by atoms with E-state index in [2.05, 4.69) is 4.90 Å². The molecule has 31 heavy (non-hydrogen) atoms. The molecule has 0 atom stereocenters. The van der Waals surface area contributed by atoms with Crippen molar-refractivity contribution in [2.45, 2.75) is 13.0 Å². The lowest BCUT2D eigenvalue weighted by Gasteiger charge is -2.34. The van der Waals surface area contributed by atoms with Crippen molar-refractivity contribution in [3.8, 4) is 5.75 Å². The number of benzene rings is 2. The summed E-state index contributed by atoms with van der Waals surface area (Å²) in [6.45, 7) is 2.93. The van der Waals surface area contributed by atoms with Crippen LogP contribution in [0.2, 0.25) is 5.02 Å². The highest BCUT2D eigenvalue weighted by Gasteiger charge is 2.23. The van der Waals surface area contributed by atoms with Crippen LogP contribution in [0.4, 0.5) is 5.69 Å². The number of amides is 1. The number of piperazine rings is 1. The summed E-state index contributed by atoms with van der Waals surface area (Å²) >= 11 is 5.91. The quantitative estimate of drug-likeness (QED) is 0.488. The fraction of sp³-hybridized carbons (Fsp3) is 0.333. The summed E-state index contributed by atoms with van der Waals surface area (Å²) in [6.07, 6.45) is -0.333. The Balaban J connectivity index is 1.51. The number of carboxylic acid groups (broad SMARTS) is 1. The van der Waals surface area contributed by atoms with E-state index < -0.39 is 10.9 Å². The van der Waals surface area contributed by atoms with Crippen molar-refractivity contribution >= 4 is 29.2 Å². The monoisotopic (exact) mass is 447 g/mol. The van der Waals surface area contributed by atoms with E-state index in [-0.39, 0.29) is 35.9 Å². The van der Waals surface area contributed by atoms with Crippen LogP contribution in [-0.2, 0) is 22.6 Å². The van der Waals surface area contributed by atoms with Gasteiger partial charge in [-0.15, -0.1) is 0 Å². The first-order valence-electron chi connectivity index (χ1n) is 9.68. The van der Waals surface area contributed by atoms with Gasteiger partial charge in [-0.1, -0.05) is 29.8 Å². The smallest absolute Gasteiger partial charge is 0.311 e. The first-order chi connectivity index (χ1) is 14.8. The summed E-state index contributed by atoms with van der Waals surface area (Å²) in [4.78, 5) is 37.8. The van der Waals surface area contributed by atoms with Crippen molar-refractivity contribution in [2.75, 3.05) is 32.8 Å². The summed E-state index contributed by atoms with van der Waals surface area (Å²) in [5.41, 5.74) is 1.07. The third-order valence-corrected chi connectivity index (χ3v) is 5.22. The zero-order valence-electron chi connectivity index (χ0n) is 16.7. The van der Waals surface area contributed by atoms with E-state index in [1.807, 2.05) is 24.3 Å². The molecule has 10 heteroatoms. The van der Waals surface area contributed by atoms with Crippen LogP contribution < -0.4 is 4.74 Å². The van der Waals surface area contributed by atoms with Gasteiger partial charge in [-0.25, -0.2) is 0 Å². The van der Waals surface area contributed by atoms with Gasteiger partial charge in [0.2, 0.25) is 0 Å². The molecule has 0 unspecified atom stereocenters. The molecule has 1 amide bonds. The molecule has 2 aromatic rings. The number of carbonyl (C=O) groups excluding carboxylic acids is 1. The molecular formula is C21H22ClN3O6. The normalized spacial score (nSPS) is 14.3. The molecule has 0 radical (unpaired) electrons. The second kappa shape index (κ2) is 10.2. The van der Waals surface area contributed by atoms with Crippen molar-refractivity contribution in [1.29, 1.82) is 0 Å². The Morgan fingerprint density at radius 3 is 2.32 bits per heavy atom. The molecule has 0 saturated carbocycles. The predicted octanol–water partition coefficient (Wildman–Crippen LogP) is 2.60. The standard InChI is InChI=1S/C21H22ClN3O6/c22-17-4-1-15(2-5-17)13-23-7-9-24(10-8-23)20(26)14-31-19-6-3-16(12-21(27)28)11-18(19)25(29)30/h1-6,11H,7-10,12-14H2,(H,27,28). The molecule has 0 bridgehead atoms. The maximum Gasteiger partial charge on any atom is 0.311 e. The number of nitrogens with zero attached hydrogens (tertiary/aromatic N) is 3. The largest absolute Gasteiger partial charge is 0.481 e. The first-order valence-corrected chi connectivity index (χ1v) is 10.1. The van der Waals surface area contributed by atoms with Crippen LogP contribution >= 0.6 is 11.6 Å². The Labute approximate surface area is 183 Å². The molecule has 164 valence electrons. The Morgan fingerprint density at radius 1 is 1.06 bits per heavy atom. The number of nitro groups is 1. The second-order valence-corrected chi connectivity index (χ2v) is 7.64. The molecule has 1 N–H and O–H groups in total. The van der Waals surface area contributed by atoms with E-state index in [1.165, 1.54) is 12.1 Å². The van der Waals surface area contributed by atoms with Gasteiger partial charge in [-0.05, 0) is 29.3 Å². The number of nitro benzene ring substituents is 1. The molecule has 1 heterocycles. The summed E-state index contributed by atoms with van der Waals surface area (Å²) < 4.78 is 5.40. The Kier molecular flexibility index (Phi) is 7.43. The van der Waals surface area contributed by atoms with Gasteiger partial charge in [0, 0.05) is 43.8 Å². The Hall–Kier alpha value is -3.17. The highest BCUT2D eigenvalue weighted by molar-refractivity contribution is 6.30. The van der Waals surface area contributed by atoms with Crippen molar-refractivity contribution in [2.24, 2.45) is 0 Å². The highest BCUT2D eigenvalue weighted by Crippen LogP contribution is 2.28. The molecule has 1 fully saturated rings. The van der Waals surface area contributed by atoms with Crippen LogP contribution in [0.15, 0.2) is 42.5 Å². The SMILES string of the molecule is O=C(O)Cc1ccc(OCC(=O)N2CCN(Cc3ccc(Cl)cc3)CC2)c([N+](=O)[O-])c1. The van der Waals surface area contributed by atoms with E-state index in [1.54, 1.807) is 4.90 Å². The van der Waals surface area contributed by atoms with E-state index in [4.69, 9.17) is 21.4 Å². The van der Waals surface area contributed by atoms with Crippen LogP contribution in [0.25, 0.3) is 0 Å².